The highest BCUT2D eigenvalue weighted by atomic mass is 35.5. The second-order valence-corrected chi connectivity index (χ2v) is 8.82. The first kappa shape index (κ1) is 25.7. The summed E-state index contributed by atoms with van der Waals surface area (Å²) in [7, 11) is -2.03. The van der Waals surface area contributed by atoms with E-state index in [1.807, 2.05) is 0 Å². The second kappa shape index (κ2) is 11.4. The number of aromatic nitrogens is 3. The lowest BCUT2D eigenvalue weighted by atomic mass is 10.3. The van der Waals surface area contributed by atoms with Crippen molar-refractivity contribution in [2.75, 3.05) is 7.05 Å². The van der Waals surface area contributed by atoms with Gasteiger partial charge in [-0.1, -0.05) is 23.7 Å². The first-order valence-corrected chi connectivity index (χ1v) is 11.2. The van der Waals surface area contributed by atoms with Crippen molar-refractivity contribution >= 4 is 33.4 Å². The maximum atomic E-state index is 13.1. The van der Waals surface area contributed by atoms with Gasteiger partial charge in [0, 0.05) is 36.7 Å². The van der Waals surface area contributed by atoms with Gasteiger partial charge in [0.25, 0.3) is 0 Å². The fraction of sp³-hybridized carbons (Fsp3) is 0.143. The van der Waals surface area contributed by atoms with E-state index in [2.05, 4.69) is 15.4 Å². The molecule has 3 N–H and O–H groups in total. The van der Waals surface area contributed by atoms with Crippen LogP contribution in [0.4, 0.5) is 0 Å². The normalized spacial score (nSPS) is 11.1. The van der Waals surface area contributed by atoms with Gasteiger partial charge in [0.05, 0.1) is 21.3 Å². The van der Waals surface area contributed by atoms with Gasteiger partial charge in [0.1, 0.15) is 0 Å². The number of sulfone groups is 1. The van der Waals surface area contributed by atoms with E-state index >= 15 is 0 Å². The molecule has 0 unspecified atom stereocenters. The van der Waals surface area contributed by atoms with E-state index in [9.17, 15) is 18.0 Å². The van der Waals surface area contributed by atoms with E-state index < -0.39 is 21.8 Å². The number of halogens is 1. The lowest BCUT2D eigenvalue weighted by Gasteiger charge is -2.10. The number of nitrogens with zero attached hydrogens (tertiary/aromatic N) is 3. The van der Waals surface area contributed by atoms with Gasteiger partial charge in [0.15, 0.2) is 5.03 Å². The van der Waals surface area contributed by atoms with Crippen molar-refractivity contribution < 1.29 is 28.2 Å². The average Bonchev–Trinajstić information content (AvgIpc) is 3.18. The average molecular weight is 493 g/mol. The summed E-state index contributed by atoms with van der Waals surface area (Å²) >= 11 is 6.25. The van der Waals surface area contributed by atoms with Gasteiger partial charge in [0.2, 0.25) is 9.84 Å². The van der Waals surface area contributed by atoms with Gasteiger partial charge >= 0.3 is 11.9 Å². The molecule has 0 aliphatic carbocycles. The van der Waals surface area contributed by atoms with Crippen molar-refractivity contribution in [1.29, 1.82) is 0 Å². The fourth-order valence-electron chi connectivity index (χ4n) is 2.54. The number of carboxylic acid groups (broad SMARTS) is 2. The minimum atomic E-state index is -3.80. The monoisotopic (exact) mass is 492 g/mol. The molecule has 2 aromatic heterocycles. The summed E-state index contributed by atoms with van der Waals surface area (Å²) in [5, 5.41) is 23.5. The van der Waals surface area contributed by atoms with Crippen LogP contribution in [0.25, 0.3) is 5.69 Å². The number of nitrogens with one attached hydrogen (secondary N) is 1. The number of hydrogen-bond donors (Lipinski definition) is 3. The Labute approximate surface area is 195 Å². The van der Waals surface area contributed by atoms with Crippen LogP contribution in [0.1, 0.15) is 11.4 Å². The molecule has 33 heavy (non-hydrogen) atoms. The van der Waals surface area contributed by atoms with Crippen LogP contribution in [0.3, 0.4) is 0 Å². The number of benzene rings is 1. The molecule has 10 nitrogen and oxygen atoms in total. The molecule has 2 heterocycles. The minimum Gasteiger partial charge on any atom is -0.478 e. The maximum absolute atomic E-state index is 13.1. The third-order valence-electron chi connectivity index (χ3n) is 4.00. The molecule has 1 aromatic carbocycles. The van der Waals surface area contributed by atoms with Gasteiger partial charge in [-0.25, -0.2) is 22.7 Å². The largest absolute Gasteiger partial charge is 0.478 e. The first-order chi connectivity index (χ1) is 15.6. The Morgan fingerprint density at radius 3 is 2.27 bits per heavy atom. The van der Waals surface area contributed by atoms with Crippen molar-refractivity contribution in [3.63, 3.8) is 0 Å². The molecule has 3 rings (SSSR count). The van der Waals surface area contributed by atoms with Gasteiger partial charge in [-0.05, 0) is 38.2 Å². The summed E-state index contributed by atoms with van der Waals surface area (Å²) < 4.78 is 27.6. The number of pyridine rings is 1. The topological polar surface area (TPSA) is 151 Å². The van der Waals surface area contributed by atoms with Crippen molar-refractivity contribution in [2.24, 2.45) is 0 Å². The molecule has 3 aromatic rings. The highest BCUT2D eigenvalue weighted by molar-refractivity contribution is 7.91. The molecule has 0 aliphatic rings. The molecule has 0 bridgehead atoms. The zero-order valence-electron chi connectivity index (χ0n) is 17.6. The standard InChI is InChI=1S/C17H17ClN4O2S.C4H4O4/c1-12-7-8-14(11-20-12)25(23,24)17-9-13(10-19-2)21-22(17)16-6-4-3-5-15(16)18;5-3(6)1-2-4(7)8/h3-9,11,19H,10H2,1-2H3;1-2H,(H,5,6)(H,7,8)/b;2-1+. The summed E-state index contributed by atoms with van der Waals surface area (Å²) in [5.74, 6) is -2.51. The third-order valence-corrected chi connectivity index (χ3v) is 6.03. The summed E-state index contributed by atoms with van der Waals surface area (Å²) in [6, 6.07) is 11.7. The molecular formula is C21H21ClN4O6S. The van der Waals surface area contributed by atoms with Gasteiger partial charge in [-0.15, -0.1) is 0 Å². The number of rotatable bonds is 7. The Morgan fingerprint density at radius 1 is 1.12 bits per heavy atom. The molecule has 0 amide bonds. The van der Waals surface area contributed by atoms with E-state index in [1.165, 1.54) is 10.9 Å². The van der Waals surface area contributed by atoms with Crippen LogP contribution < -0.4 is 5.32 Å². The van der Waals surface area contributed by atoms with Gasteiger partial charge in [-0.3, -0.25) is 4.98 Å². The Kier molecular flexibility index (Phi) is 8.85. The van der Waals surface area contributed by atoms with Crippen LogP contribution in [0.2, 0.25) is 5.02 Å². The predicted molar refractivity (Wildman–Crippen MR) is 120 cm³/mol. The van der Waals surface area contributed by atoms with Crippen LogP contribution in [0, 0.1) is 6.92 Å². The van der Waals surface area contributed by atoms with Crippen LogP contribution >= 0.6 is 11.6 Å². The SMILES string of the molecule is CNCc1cc(S(=O)(=O)c2ccc(C)nc2)n(-c2ccccc2Cl)n1.O=C(O)/C=C/C(=O)O. The molecule has 0 radical (unpaired) electrons. The Hall–Kier alpha value is -3.54. The van der Waals surface area contributed by atoms with Crippen LogP contribution in [0.5, 0.6) is 0 Å². The summed E-state index contributed by atoms with van der Waals surface area (Å²) in [5.41, 5.74) is 1.85. The molecular weight excluding hydrogens is 472 g/mol. The van der Waals surface area contributed by atoms with E-state index in [0.717, 1.165) is 5.69 Å². The van der Waals surface area contributed by atoms with Crippen molar-refractivity contribution in [2.45, 2.75) is 23.4 Å². The van der Waals surface area contributed by atoms with Crippen molar-refractivity contribution in [3.05, 3.63) is 77.2 Å². The van der Waals surface area contributed by atoms with Crippen LogP contribution in [-0.4, -0.2) is 52.4 Å². The number of aryl methyl sites for hydroxylation is 1. The zero-order chi connectivity index (χ0) is 24.6. The van der Waals surface area contributed by atoms with Crippen LogP contribution in [0.15, 0.2) is 70.7 Å². The number of carbonyl (C=O) groups is 2. The van der Waals surface area contributed by atoms with Crippen LogP contribution in [-0.2, 0) is 26.0 Å². The van der Waals surface area contributed by atoms with E-state index in [4.69, 9.17) is 21.8 Å². The Bertz CT molecular complexity index is 1250. The second-order valence-electron chi connectivity index (χ2n) is 6.52. The van der Waals surface area contributed by atoms with Crippen molar-refractivity contribution in [3.8, 4) is 5.69 Å². The van der Waals surface area contributed by atoms with E-state index in [-0.39, 0.29) is 9.92 Å². The van der Waals surface area contributed by atoms with E-state index in [0.29, 0.717) is 35.1 Å². The smallest absolute Gasteiger partial charge is 0.328 e. The minimum absolute atomic E-state index is 0.0523. The number of hydrogen-bond acceptors (Lipinski definition) is 7. The fourth-order valence-corrected chi connectivity index (χ4v) is 4.10. The maximum Gasteiger partial charge on any atom is 0.328 e. The Morgan fingerprint density at radius 2 is 1.76 bits per heavy atom. The number of carboxylic acids is 2. The van der Waals surface area contributed by atoms with Gasteiger partial charge < -0.3 is 15.5 Å². The zero-order valence-corrected chi connectivity index (χ0v) is 19.2. The molecule has 0 saturated heterocycles. The summed E-state index contributed by atoms with van der Waals surface area (Å²) in [4.78, 5) is 23.3. The van der Waals surface area contributed by atoms with E-state index in [1.54, 1.807) is 56.4 Å². The summed E-state index contributed by atoms with van der Waals surface area (Å²) in [6.45, 7) is 2.24. The number of para-hydroxylation sites is 1. The lowest BCUT2D eigenvalue weighted by Crippen LogP contribution is -2.11. The highest BCUT2D eigenvalue weighted by Gasteiger charge is 2.26. The molecule has 174 valence electrons. The third kappa shape index (κ3) is 6.97. The highest BCUT2D eigenvalue weighted by Crippen LogP contribution is 2.27. The predicted octanol–water partition coefficient (Wildman–Crippen LogP) is 2.49. The molecule has 0 aliphatic heterocycles. The quantitative estimate of drug-likeness (QED) is 0.422. The molecule has 0 spiro atoms. The molecule has 0 saturated carbocycles. The summed E-state index contributed by atoms with van der Waals surface area (Å²) in [6.07, 6.45) is 2.47. The molecule has 12 heteroatoms. The van der Waals surface area contributed by atoms with Crippen molar-refractivity contribution in [1.82, 2.24) is 20.1 Å². The molecule has 0 fully saturated rings. The molecule has 0 atom stereocenters. The first-order valence-electron chi connectivity index (χ1n) is 9.36. The number of aliphatic carboxylic acids is 2. The Balaban J connectivity index is 0.000000414. The lowest BCUT2D eigenvalue weighted by molar-refractivity contribution is -0.134. The van der Waals surface area contributed by atoms with Gasteiger partial charge in [-0.2, -0.15) is 5.10 Å².